The van der Waals surface area contributed by atoms with Crippen molar-refractivity contribution in [2.45, 2.75) is 51.9 Å². The van der Waals surface area contributed by atoms with Gasteiger partial charge >= 0.3 is 5.97 Å². The Morgan fingerprint density at radius 3 is 2.48 bits per heavy atom. The fourth-order valence-corrected chi connectivity index (χ4v) is 2.95. The Morgan fingerprint density at radius 2 is 1.90 bits per heavy atom. The molecule has 1 aliphatic carbocycles. The Kier molecular flexibility index (Phi) is 7.43. The van der Waals surface area contributed by atoms with Crippen LogP contribution < -0.4 is 5.32 Å². The Morgan fingerprint density at radius 1 is 1.24 bits per heavy atom. The van der Waals surface area contributed by atoms with Crippen LogP contribution in [0.15, 0.2) is 12.2 Å². The van der Waals surface area contributed by atoms with Crippen LogP contribution in [-0.2, 0) is 14.3 Å². The molecule has 0 saturated heterocycles. The molecular weight excluding hydrogens is 270 g/mol. The van der Waals surface area contributed by atoms with Crippen molar-refractivity contribution in [2.24, 2.45) is 5.41 Å². The van der Waals surface area contributed by atoms with Gasteiger partial charge in [-0.3, -0.25) is 9.59 Å². The number of carbonyl (C=O) groups excluding carboxylic acids is 1. The first-order valence-electron chi connectivity index (χ1n) is 7.64. The number of hydrogen-bond acceptors (Lipinski definition) is 3. The molecule has 0 atom stereocenters. The van der Waals surface area contributed by atoms with E-state index in [0.29, 0.717) is 26.2 Å². The monoisotopic (exact) mass is 297 g/mol. The number of ether oxygens (including phenoxy) is 1. The van der Waals surface area contributed by atoms with Gasteiger partial charge in [-0.05, 0) is 25.2 Å². The van der Waals surface area contributed by atoms with E-state index in [-0.39, 0.29) is 17.7 Å². The molecule has 1 rings (SSSR count). The third-order valence-electron chi connectivity index (χ3n) is 3.89. The van der Waals surface area contributed by atoms with Gasteiger partial charge in [-0.15, -0.1) is 0 Å². The summed E-state index contributed by atoms with van der Waals surface area (Å²) in [5.74, 6) is -0.883. The molecule has 1 aliphatic rings. The summed E-state index contributed by atoms with van der Waals surface area (Å²) < 4.78 is 5.32. The van der Waals surface area contributed by atoms with Crippen LogP contribution in [0.3, 0.4) is 0 Å². The average Bonchev–Trinajstić information content (AvgIpc) is 2.37. The topological polar surface area (TPSA) is 75.6 Å². The third kappa shape index (κ3) is 7.27. The van der Waals surface area contributed by atoms with Gasteiger partial charge in [0.05, 0.1) is 19.6 Å². The minimum atomic E-state index is -0.811. The highest BCUT2D eigenvalue weighted by molar-refractivity contribution is 5.78. The molecule has 5 heteroatoms. The van der Waals surface area contributed by atoms with Gasteiger partial charge in [0.15, 0.2) is 0 Å². The highest BCUT2D eigenvalue weighted by Gasteiger charge is 2.36. The Balaban J connectivity index is 2.34. The van der Waals surface area contributed by atoms with Crippen LogP contribution in [0.25, 0.3) is 0 Å². The van der Waals surface area contributed by atoms with Gasteiger partial charge in [-0.2, -0.15) is 0 Å². The van der Waals surface area contributed by atoms with E-state index in [1.54, 1.807) is 0 Å². The van der Waals surface area contributed by atoms with Crippen LogP contribution in [-0.4, -0.2) is 36.7 Å². The molecule has 0 bridgehead atoms. The van der Waals surface area contributed by atoms with E-state index in [1.165, 1.54) is 0 Å². The lowest BCUT2D eigenvalue weighted by molar-refractivity contribution is -0.141. The summed E-state index contributed by atoms with van der Waals surface area (Å²) in [4.78, 5) is 23.1. The predicted molar refractivity (Wildman–Crippen MR) is 81.0 cm³/mol. The highest BCUT2D eigenvalue weighted by Crippen LogP contribution is 2.42. The summed E-state index contributed by atoms with van der Waals surface area (Å²) in [5, 5.41) is 11.9. The molecule has 5 nitrogen and oxygen atoms in total. The van der Waals surface area contributed by atoms with Crippen molar-refractivity contribution < 1.29 is 19.4 Å². The molecular formula is C16H27NO4. The molecule has 1 saturated carbocycles. The molecule has 2 N–H and O–H groups in total. The lowest BCUT2D eigenvalue weighted by atomic mass is 9.69. The number of carbonyl (C=O) groups is 2. The van der Waals surface area contributed by atoms with Crippen molar-refractivity contribution in [3.8, 4) is 0 Å². The molecule has 0 unspecified atom stereocenters. The minimum absolute atomic E-state index is 0.0722. The quantitative estimate of drug-likeness (QED) is 0.506. The Hall–Kier alpha value is -1.36. The highest BCUT2D eigenvalue weighted by atomic mass is 16.5. The number of carboxylic acids is 1. The maximum absolute atomic E-state index is 12.0. The zero-order chi connectivity index (χ0) is 15.7. The van der Waals surface area contributed by atoms with Crippen LogP contribution >= 0.6 is 0 Å². The van der Waals surface area contributed by atoms with E-state index in [2.05, 4.69) is 11.9 Å². The molecule has 120 valence electrons. The Bertz CT molecular complexity index is 372. The number of amides is 1. The van der Waals surface area contributed by atoms with Crippen LogP contribution in [0.4, 0.5) is 0 Å². The first-order valence-corrected chi connectivity index (χ1v) is 7.64. The van der Waals surface area contributed by atoms with E-state index in [9.17, 15) is 9.59 Å². The second-order valence-corrected chi connectivity index (χ2v) is 6.17. The van der Waals surface area contributed by atoms with Gasteiger partial charge in [-0.25, -0.2) is 0 Å². The lowest BCUT2D eigenvalue weighted by Crippen LogP contribution is -2.36. The van der Waals surface area contributed by atoms with E-state index in [4.69, 9.17) is 9.84 Å². The number of rotatable bonds is 9. The summed E-state index contributed by atoms with van der Waals surface area (Å²) >= 11 is 0. The molecule has 0 aromatic carbocycles. The summed E-state index contributed by atoms with van der Waals surface area (Å²) in [6, 6.07) is 0. The van der Waals surface area contributed by atoms with Gasteiger partial charge in [0.2, 0.25) is 5.91 Å². The van der Waals surface area contributed by atoms with Crippen molar-refractivity contribution in [1.29, 1.82) is 0 Å². The van der Waals surface area contributed by atoms with E-state index < -0.39 is 5.97 Å². The molecule has 0 aromatic heterocycles. The SMILES string of the molecule is C=C(C)COCCNC(=O)CC1(CC(=O)O)CCCCC1. The fourth-order valence-electron chi connectivity index (χ4n) is 2.95. The minimum Gasteiger partial charge on any atom is -0.481 e. The molecule has 0 radical (unpaired) electrons. The summed E-state index contributed by atoms with van der Waals surface area (Å²) in [6.45, 7) is 7.02. The summed E-state index contributed by atoms with van der Waals surface area (Å²) in [5.41, 5.74) is 0.594. The molecule has 0 aliphatic heterocycles. The van der Waals surface area contributed by atoms with Crippen molar-refractivity contribution in [3.63, 3.8) is 0 Å². The van der Waals surface area contributed by atoms with Gasteiger partial charge in [0.1, 0.15) is 0 Å². The zero-order valence-corrected chi connectivity index (χ0v) is 13.0. The van der Waals surface area contributed by atoms with Crippen LogP contribution in [0, 0.1) is 5.41 Å². The molecule has 0 spiro atoms. The number of nitrogens with one attached hydrogen (secondary N) is 1. The molecule has 1 fully saturated rings. The third-order valence-corrected chi connectivity index (χ3v) is 3.89. The van der Waals surface area contributed by atoms with Crippen molar-refractivity contribution in [2.75, 3.05) is 19.8 Å². The summed E-state index contributed by atoms with van der Waals surface area (Å²) in [7, 11) is 0. The normalized spacial score (nSPS) is 17.2. The maximum atomic E-state index is 12.0. The van der Waals surface area contributed by atoms with E-state index in [0.717, 1.165) is 37.7 Å². The number of aliphatic carboxylic acids is 1. The van der Waals surface area contributed by atoms with Crippen LogP contribution in [0.5, 0.6) is 0 Å². The first kappa shape index (κ1) is 17.7. The van der Waals surface area contributed by atoms with E-state index >= 15 is 0 Å². The second-order valence-electron chi connectivity index (χ2n) is 6.17. The van der Waals surface area contributed by atoms with Crippen LogP contribution in [0.2, 0.25) is 0 Å². The largest absolute Gasteiger partial charge is 0.481 e. The molecule has 0 heterocycles. The Labute approximate surface area is 126 Å². The van der Waals surface area contributed by atoms with E-state index in [1.807, 2.05) is 6.92 Å². The van der Waals surface area contributed by atoms with Crippen molar-refractivity contribution in [3.05, 3.63) is 12.2 Å². The average molecular weight is 297 g/mol. The number of hydrogen-bond donors (Lipinski definition) is 2. The smallest absolute Gasteiger partial charge is 0.303 e. The molecule has 1 amide bonds. The fraction of sp³-hybridized carbons (Fsp3) is 0.750. The standard InChI is InChI=1S/C16H27NO4/c1-13(2)12-21-9-8-17-14(18)10-16(11-15(19)20)6-4-3-5-7-16/h1,3-12H2,2H3,(H,17,18)(H,19,20). The zero-order valence-electron chi connectivity index (χ0n) is 13.0. The van der Waals surface area contributed by atoms with Crippen molar-refractivity contribution in [1.82, 2.24) is 5.32 Å². The second kappa shape index (κ2) is 8.82. The summed E-state index contributed by atoms with van der Waals surface area (Å²) in [6.07, 6.45) is 5.23. The number of carboxylic acid groups (broad SMARTS) is 1. The van der Waals surface area contributed by atoms with Gasteiger partial charge < -0.3 is 15.2 Å². The van der Waals surface area contributed by atoms with Crippen LogP contribution in [0.1, 0.15) is 51.9 Å². The van der Waals surface area contributed by atoms with Gasteiger partial charge in [0, 0.05) is 13.0 Å². The van der Waals surface area contributed by atoms with Crippen molar-refractivity contribution >= 4 is 11.9 Å². The van der Waals surface area contributed by atoms with Gasteiger partial charge in [-0.1, -0.05) is 31.4 Å². The maximum Gasteiger partial charge on any atom is 0.303 e. The van der Waals surface area contributed by atoms with Gasteiger partial charge in [0.25, 0.3) is 0 Å². The molecule has 0 aromatic rings. The first-order chi connectivity index (χ1) is 9.93. The molecule has 21 heavy (non-hydrogen) atoms. The lowest BCUT2D eigenvalue weighted by Gasteiger charge is -2.35. The predicted octanol–water partition coefficient (Wildman–Crippen LogP) is 2.51.